The second-order valence-electron chi connectivity index (χ2n) is 4.99. The normalized spacial score (nSPS) is 18.9. The molecule has 0 aromatic rings. The minimum Gasteiger partial charge on any atom is -0.547 e. The summed E-state index contributed by atoms with van der Waals surface area (Å²) in [7, 11) is 0. The van der Waals surface area contributed by atoms with Crippen LogP contribution in [0.3, 0.4) is 0 Å². The van der Waals surface area contributed by atoms with Crippen LogP contribution in [0.25, 0.3) is 0 Å². The molecule has 12 N–H and O–H groups in total. The maximum Gasteiger partial charge on any atom is 2.00 e. The van der Waals surface area contributed by atoms with Crippen molar-refractivity contribution in [3.63, 3.8) is 0 Å². The van der Waals surface area contributed by atoms with E-state index in [2.05, 4.69) is 0 Å². The third kappa shape index (κ3) is 11.8. The number of hydrogen-bond donors (Lipinski definition) is 10. The first-order chi connectivity index (χ1) is 11.8. The van der Waals surface area contributed by atoms with E-state index < -0.39 is 74.0 Å². The number of aliphatic hydroxyl groups excluding tert-OH is 10. The molecule has 0 spiro atoms. The molecule has 15 nitrogen and oxygen atoms in total. The molecule has 0 aliphatic heterocycles. The minimum absolute atomic E-state index is 0. The molecule has 0 saturated heterocycles. The van der Waals surface area contributed by atoms with Gasteiger partial charge in [-0.1, -0.05) is 0 Å². The van der Waals surface area contributed by atoms with E-state index in [4.69, 9.17) is 51.1 Å². The Morgan fingerprint density at radius 1 is 0.607 bits per heavy atom. The zero-order valence-electron chi connectivity index (χ0n) is 13.9. The van der Waals surface area contributed by atoms with Crippen molar-refractivity contribution in [2.75, 3.05) is 13.2 Å². The van der Waals surface area contributed by atoms with E-state index in [9.17, 15) is 19.8 Å². The van der Waals surface area contributed by atoms with Gasteiger partial charge in [0.15, 0.2) is 0 Å². The molecule has 8 atom stereocenters. The fourth-order valence-corrected chi connectivity index (χ4v) is 1.32. The van der Waals surface area contributed by atoms with Crippen molar-refractivity contribution in [2.24, 2.45) is 0 Å². The van der Waals surface area contributed by atoms with Crippen molar-refractivity contribution in [1.29, 1.82) is 0 Å². The van der Waals surface area contributed by atoms with Gasteiger partial charge in [0.05, 0.1) is 25.2 Å². The molecule has 0 aliphatic rings. The number of rotatable bonds is 10. The van der Waals surface area contributed by atoms with Crippen LogP contribution in [0.15, 0.2) is 0 Å². The maximum absolute atomic E-state index is 9.98. The first kappa shape index (κ1) is 34.5. The van der Waals surface area contributed by atoms with Gasteiger partial charge in [0.1, 0.15) is 48.8 Å². The standard InChI is InChI=1S/2C6H12O7.Cu.H2O/c2*7-1-2(8)3(9)4(10)5(11)6(12)13;;/h2*2-5,7-11H,1H2,(H,12,13);;1H2/q;;+2;/p-2. The summed E-state index contributed by atoms with van der Waals surface area (Å²) in [4.78, 5) is 20.0. The second-order valence-corrected chi connectivity index (χ2v) is 4.99. The summed E-state index contributed by atoms with van der Waals surface area (Å²) >= 11 is 0. The molecule has 1 radical (unpaired) electrons. The Labute approximate surface area is 168 Å². The number of carbonyl (C=O) groups is 2. The second kappa shape index (κ2) is 16.9. The summed E-state index contributed by atoms with van der Waals surface area (Å²) in [5, 5.41) is 107. The summed E-state index contributed by atoms with van der Waals surface area (Å²) < 4.78 is 0. The van der Waals surface area contributed by atoms with Gasteiger partial charge in [-0.05, 0) is 0 Å². The Kier molecular flexibility index (Phi) is 20.9. The van der Waals surface area contributed by atoms with Crippen LogP contribution in [0.4, 0.5) is 0 Å². The Hall–Kier alpha value is -0.981. The molecular weight excluding hydrogens is 448 g/mol. The fraction of sp³-hybridized carbons (Fsp3) is 0.833. The molecule has 0 amide bonds. The SMILES string of the molecule is O.O=C([O-])C(O)C(O)C(O)C(O)CO.O=C([O-])C(O)C(O)C(O)C(O)CO.[Cu+2]. The quantitative estimate of drug-likeness (QED) is 0.132. The van der Waals surface area contributed by atoms with E-state index in [1.165, 1.54) is 0 Å². The molecule has 16 heteroatoms. The third-order valence-electron chi connectivity index (χ3n) is 2.99. The van der Waals surface area contributed by atoms with Crippen LogP contribution in [-0.2, 0) is 26.7 Å². The summed E-state index contributed by atoms with van der Waals surface area (Å²) in [6.45, 7) is -1.73. The molecule has 173 valence electrons. The molecule has 0 fully saturated rings. The molecular formula is C12H24CuO15. The van der Waals surface area contributed by atoms with Gasteiger partial charge in [0.25, 0.3) is 0 Å². The topological polar surface area (TPSA) is 314 Å². The summed E-state index contributed by atoms with van der Waals surface area (Å²) in [5.41, 5.74) is 0. The molecule has 0 aromatic carbocycles. The van der Waals surface area contributed by atoms with Crippen LogP contribution >= 0.6 is 0 Å². The van der Waals surface area contributed by atoms with Crippen molar-refractivity contribution in [3.05, 3.63) is 0 Å². The predicted octanol–water partition coefficient (Wildman–Crippen LogP) is -10.5. The molecule has 0 aromatic heterocycles. The van der Waals surface area contributed by atoms with Gasteiger partial charge in [-0.2, -0.15) is 0 Å². The van der Waals surface area contributed by atoms with Crippen LogP contribution in [0.1, 0.15) is 0 Å². The summed E-state index contributed by atoms with van der Waals surface area (Å²) in [5.74, 6) is -3.95. The number of aliphatic carboxylic acids is 2. The van der Waals surface area contributed by atoms with Crippen LogP contribution < -0.4 is 10.2 Å². The fourth-order valence-electron chi connectivity index (χ4n) is 1.32. The van der Waals surface area contributed by atoms with E-state index in [0.29, 0.717) is 0 Å². The first-order valence-corrected chi connectivity index (χ1v) is 6.91. The molecule has 0 heterocycles. The largest absolute Gasteiger partial charge is 2.00 e. The average molecular weight is 472 g/mol. The van der Waals surface area contributed by atoms with Crippen LogP contribution in [0.2, 0.25) is 0 Å². The minimum atomic E-state index is -2.31. The van der Waals surface area contributed by atoms with Crippen LogP contribution in [0.5, 0.6) is 0 Å². The van der Waals surface area contributed by atoms with E-state index in [1.54, 1.807) is 0 Å². The van der Waals surface area contributed by atoms with Gasteiger partial charge in [-0.3, -0.25) is 0 Å². The zero-order valence-corrected chi connectivity index (χ0v) is 14.9. The van der Waals surface area contributed by atoms with Crippen molar-refractivity contribution in [1.82, 2.24) is 0 Å². The first-order valence-electron chi connectivity index (χ1n) is 6.91. The molecule has 0 aliphatic carbocycles. The Morgan fingerprint density at radius 3 is 0.964 bits per heavy atom. The van der Waals surface area contributed by atoms with Crippen molar-refractivity contribution >= 4 is 11.9 Å². The Balaban J connectivity index is -0.000000192. The molecule has 28 heavy (non-hydrogen) atoms. The van der Waals surface area contributed by atoms with E-state index in [1.807, 2.05) is 0 Å². The number of aliphatic hydroxyl groups is 10. The van der Waals surface area contributed by atoms with Crippen LogP contribution in [0, 0.1) is 0 Å². The Morgan fingerprint density at radius 2 is 0.821 bits per heavy atom. The molecule has 8 unspecified atom stereocenters. The van der Waals surface area contributed by atoms with Crippen LogP contribution in [-0.4, -0.2) is 131 Å². The maximum atomic E-state index is 9.98. The molecule has 0 rings (SSSR count). The number of carbonyl (C=O) groups excluding carboxylic acids is 2. The molecule has 0 saturated carbocycles. The number of hydrogen-bond acceptors (Lipinski definition) is 14. The van der Waals surface area contributed by atoms with E-state index >= 15 is 0 Å². The monoisotopic (exact) mass is 471 g/mol. The number of carboxylic acid groups (broad SMARTS) is 2. The van der Waals surface area contributed by atoms with E-state index in [-0.39, 0.29) is 22.5 Å². The predicted molar refractivity (Wildman–Crippen MR) is 75.9 cm³/mol. The van der Waals surface area contributed by atoms with Gasteiger partial charge >= 0.3 is 17.1 Å². The molecule has 0 bridgehead atoms. The van der Waals surface area contributed by atoms with Gasteiger partial charge in [-0.15, -0.1) is 0 Å². The van der Waals surface area contributed by atoms with Crippen molar-refractivity contribution < 1.29 is 93.4 Å². The zero-order chi connectivity index (χ0) is 21.2. The number of carboxylic acids is 2. The smallest absolute Gasteiger partial charge is 0.547 e. The Bertz CT molecular complexity index is 386. The third-order valence-corrected chi connectivity index (χ3v) is 2.99. The van der Waals surface area contributed by atoms with Gasteiger partial charge in [0, 0.05) is 0 Å². The van der Waals surface area contributed by atoms with Gasteiger partial charge in [0.2, 0.25) is 0 Å². The van der Waals surface area contributed by atoms with Gasteiger partial charge < -0.3 is 76.3 Å². The van der Waals surface area contributed by atoms with E-state index in [0.717, 1.165) is 0 Å². The van der Waals surface area contributed by atoms with Crippen molar-refractivity contribution in [3.8, 4) is 0 Å². The summed E-state index contributed by atoms with van der Waals surface area (Å²) in [6, 6.07) is 0. The van der Waals surface area contributed by atoms with Gasteiger partial charge in [-0.25, -0.2) is 0 Å². The van der Waals surface area contributed by atoms with Crippen molar-refractivity contribution in [2.45, 2.75) is 48.8 Å². The average Bonchev–Trinajstić information content (AvgIpc) is 2.62. The summed E-state index contributed by atoms with van der Waals surface area (Å²) in [6.07, 6.45) is -16.2.